The highest BCUT2D eigenvalue weighted by atomic mass is 32.1. The first-order chi connectivity index (χ1) is 40.5. The van der Waals surface area contributed by atoms with Gasteiger partial charge in [0.05, 0.1) is 35.2 Å². The molecule has 4 aromatic carbocycles. The number of benzene rings is 4. The van der Waals surface area contributed by atoms with E-state index in [0.717, 1.165) is 54.8 Å². The Balaban J connectivity index is 0.847. The molecule has 22 heteroatoms. The maximum atomic E-state index is 16.9. The minimum Gasteiger partial charge on any atom is -0.462 e. The highest BCUT2D eigenvalue weighted by Gasteiger charge is 2.49. The van der Waals surface area contributed by atoms with E-state index in [1.807, 2.05) is 74.2 Å². The summed E-state index contributed by atoms with van der Waals surface area (Å²) in [6.07, 6.45) is 2.69. The lowest BCUT2D eigenvalue weighted by Crippen LogP contribution is -2.59. The number of carbonyl (C=O) groups excluding carboxylic acids is 6. The van der Waals surface area contributed by atoms with Crippen LogP contribution >= 0.6 is 18.9 Å². The van der Waals surface area contributed by atoms with Gasteiger partial charge in [0.25, 0.3) is 5.91 Å². The van der Waals surface area contributed by atoms with Crippen LogP contribution in [-0.4, -0.2) is 123 Å². The van der Waals surface area contributed by atoms with Gasteiger partial charge in [-0.2, -0.15) is 0 Å². The number of morpholine rings is 1. The first-order valence-electron chi connectivity index (χ1n) is 29.4. The van der Waals surface area contributed by atoms with Gasteiger partial charge in [0, 0.05) is 37.8 Å². The monoisotopic (exact) mass is 1200 g/mol. The number of halogens is 1. The number of amides is 5. The molecule has 0 radical (unpaired) electrons. The second kappa shape index (κ2) is 25.5. The average Bonchev–Trinajstić information content (AvgIpc) is 3.78. The van der Waals surface area contributed by atoms with Crippen molar-refractivity contribution in [3.8, 4) is 5.75 Å². The molecule has 0 aliphatic carbocycles. The first kappa shape index (κ1) is 61.1. The summed E-state index contributed by atoms with van der Waals surface area (Å²) >= 11 is 1.16. The van der Waals surface area contributed by atoms with Crippen LogP contribution in [0.5, 0.6) is 5.75 Å². The number of hydrogen-bond acceptors (Lipinski definition) is 13. The Kier molecular flexibility index (Phi) is 18.3. The minimum atomic E-state index is -4.53. The number of nitrogens with one attached hydrogen (secondary N) is 3. The Morgan fingerprint density at radius 1 is 0.859 bits per heavy atom. The summed E-state index contributed by atoms with van der Waals surface area (Å²) in [5.74, 6) is -4.57. The van der Waals surface area contributed by atoms with E-state index in [4.69, 9.17) is 14.0 Å². The van der Waals surface area contributed by atoms with Crippen molar-refractivity contribution < 1.29 is 51.7 Å². The van der Waals surface area contributed by atoms with Crippen LogP contribution in [0.15, 0.2) is 108 Å². The molecule has 10 rings (SSSR count). The number of likely N-dealkylation sites (tertiary alicyclic amines) is 2. The second-order valence-electron chi connectivity index (χ2n) is 24.4. The number of hydrogen-bond donors (Lipinski definition) is 3. The zero-order valence-electron chi connectivity index (χ0n) is 49.2. The number of imide groups is 1. The number of esters is 1. The number of nitrogens with zero attached hydrogens (tertiary/aromatic N) is 5. The molecule has 3 unspecified atom stereocenters. The van der Waals surface area contributed by atoms with Crippen molar-refractivity contribution in [2.75, 3.05) is 39.3 Å². The third-order valence-electron chi connectivity index (χ3n) is 16.8. The van der Waals surface area contributed by atoms with Crippen LogP contribution in [0.1, 0.15) is 124 Å². The molecule has 4 fully saturated rings. The molecule has 452 valence electrons. The summed E-state index contributed by atoms with van der Waals surface area (Å²) in [7, 11) is -2.84. The molecule has 85 heavy (non-hydrogen) atoms. The summed E-state index contributed by atoms with van der Waals surface area (Å²) in [5.41, 5.74) is 2.19. The number of fused-ring (bicyclic) bond motifs is 2. The number of aromatic nitrogens is 2. The van der Waals surface area contributed by atoms with Gasteiger partial charge in [-0.05, 0) is 148 Å². The van der Waals surface area contributed by atoms with Crippen molar-refractivity contribution in [2.45, 2.75) is 129 Å². The van der Waals surface area contributed by atoms with Crippen LogP contribution in [0.2, 0.25) is 0 Å². The lowest BCUT2D eigenvalue weighted by Gasteiger charge is -2.40. The Bertz CT molecular complexity index is 3580. The molecule has 0 saturated carbocycles. The lowest BCUT2D eigenvalue weighted by atomic mass is 9.82. The van der Waals surface area contributed by atoms with E-state index < -0.39 is 66.9 Å². The predicted octanol–water partition coefficient (Wildman–Crippen LogP) is 8.97. The molecule has 0 bridgehead atoms. The molecule has 8 atom stereocenters. The van der Waals surface area contributed by atoms with Crippen molar-refractivity contribution in [1.29, 1.82) is 0 Å². The zero-order valence-corrected chi connectivity index (χ0v) is 50.9. The lowest BCUT2D eigenvalue weighted by molar-refractivity contribution is -0.152. The fourth-order valence-electron chi connectivity index (χ4n) is 12.4. The smallest absolute Gasteiger partial charge is 0.355 e. The first-order valence-corrected chi connectivity index (χ1v) is 31.9. The van der Waals surface area contributed by atoms with E-state index in [0.29, 0.717) is 60.3 Å². The summed E-state index contributed by atoms with van der Waals surface area (Å²) in [6, 6.07) is 26.2. The highest BCUT2D eigenvalue weighted by Crippen LogP contribution is 2.58. The summed E-state index contributed by atoms with van der Waals surface area (Å²) in [5, 5.41) is 8.52. The SMILES string of the molecule is CC(C)OC(=O)[C@H](C)NP(=O)(Oc1ccccc1)C(F)c1ccc2sc(C(=O)N[C@H](C(=O)N3CC[C@@H](CC4CCN(Cc5ccc6c(c5)n(C)c(=O)n6C5CCC(=O)NC5=O)CC4)[C@H]3C(=O)N3CCO[C@H](c4ccccc4)C3)C(C)(C)C)cc2c1. The molecular formula is C63H76FN8O11PS. The highest BCUT2D eigenvalue weighted by molar-refractivity contribution is 7.57. The van der Waals surface area contributed by atoms with Crippen LogP contribution in [0.4, 0.5) is 4.39 Å². The third-order valence-corrected chi connectivity index (χ3v) is 20.1. The molecule has 2 aromatic heterocycles. The summed E-state index contributed by atoms with van der Waals surface area (Å²) in [4.78, 5) is 102. The predicted molar refractivity (Wildman–Crippen MR) is 321 cm³/mol. The molecule has 4 aliphatic rings. The van der Waals surface area contributed by atoms with Crippen LogP contribution in [0.3, 0.4) is 0 Å². The van der Waals surface area contributed by atoms with E-state index in [9.17, 15) is 28.5 Å². The van der Waals surface area contributed by atoms with Crippen molar-refractivity contribution in [3.05, 3.63) is 135 Å². The zero-order chi connectivity index (χ0) is 60.5. The van der Waals surface area contributed by atoms with Crippen molar-refractivity contribution in [3.63, 3.8) is 0 Å². The van der Waals surface area contributed by atoms with Gasteiger partial charge in [-0.1, -0.05) is 81.4 Å². The van der Waals surface area contributed by atoms with Crippen LogP contribution in [0, 0.1) is 17.3 Å². The molecular weight excluding hydrogens is 1130 g/mol. The fraction of sp³-hybridized carbons (Fsp3) is 0.476. The molecule has 4 saturated heterocycles. The quantitative estimate of drug-likeness (QED) is 0.0416. The number of alkyl halides is 1. The third kappa shape index (κ3) is 13.5. The molecule has 6 heterocycles. The van der Waals surface area contributed by atoms with Crippen LogP contribution in [0.25, 0.3) is 21.1 Å². The minimum absolute atomic E-state index is 0.0120. The average molecular weight is 1200 g/mol. The maximum Gasteiger partial charge on any atom is 0.355 e. The van der Waals surface area contributed by atoms with Gasteiger partial charge in [0.15, 0.2) is 0 Å². The van der Waals surface area contributed by atoms with Crippen molar-refractivity contribution in [1.82, 2.24) is 39.6 Å². The van der Waals surface area contributed by atoms with Gasteiger partial charge in [0.2, 0.25) is 29.5 Å². The number of para-hydroxylation sites is 1. The fourth-order valence-corrected chi connectivity index (χ4v) is 15.2. The second-order valence-corrected chi connectivity index (χ2v) is 27.6. The standard InChI is InChI=1S/C63H76FN8O11PS/c1-38(2)82-61(78)39(3)67-84(80,83-46-16-12-9-13-17-46)56(64)44-19-22-51-45(34-44)35-52(85-51)58(75)66-55(63(4,5)6)60(77)71-29-26-43(54(71)59(76)70-30-31-81-50(37-70)42-14-10-8-11-15-42)32-40-24-27-69(28-25-40)36-41-18-20-47-49(33-41)68(7)62(79)72(47)48-21-23-53(73)65-57(48)74/h8-20,22,33-35,38-40,43,48,50,54-56H,21,23-32,36-37H2,1-7H3,(H,66,75)(H,67,80)(H,65,73,74)/t39-,43-,48?,50-,54-,55+,56?,84?/m0/s1. The van der Waals surface area contributed by atoms with E-state index in [-0.39, 0.29) is 70.4 Å². The Labute approximate surface area is 498 Å². The number of imidazole rings is 1. The number of rotatable bonds is 18. The van der Waals surface area contributed by atoms with E-state index in [1.54, 1.807) is 60.7 Å². The normalized spacial score (nSPS) is 21.8. The number of aryl methyl sites for hydroxylation is 1. The van der Waals surface area contributed by atoms with Gasteiger partial charge >= 0.3 is 19.2 Å². The molecule has 5 amide bonds. The molecule has 6 aromatic rings. The maximum absolute atomic E-state index is 16.9. The van der Waals surface area contributed by atoms with E-state index >= 15 is 14.0 Å². The Morgan fingerprint density at radius 3 is 2.27 bits per heavy atom. The van der Waals surface area contributed by atoms with Gasteiger partial charge in [0.1, 0.15) is 36.0 Å². The van der Waals surface area contributed by atoms with Gasteiger partial charge < -0.3 is 29.1 Å². The molecule has 0 spiro atoms. The van der Waals surface area contributed by atoms with Crippen molar-refractivity contribution >= 4 is 75.5 Å². The number of thiophene rings is 1. The summed E-state index contributed by atoms with van der Waals surface area (Å²) in [6.45, 7) is 14.0. The van der Waals surface area contributed by atoms with Gasteiger partial charge in [-0.3, -0.25) is 52.7 Å². The van der Waals surface area contributed by atoms with Crippen LogP contribution < -0.4 is 25.9 Å². The molecule has 3 N–H and O–H groups in total. The summed E-state index contributed by atoms with van der Waals surface area (Å²) < 4.78 is 52.5. The number of piperidine rings is 2. The van der Waals surface area contributed by atoms with E-state index in [2.05, 4.69) is 20.6 Å². The topological polar surface area (TPSA) is 220 Å². The van der Waals surface area contributed by atoms with Gasteiger partial charge in [-0.25, -0.2) is 14.3 Å². The van der Waals surface area contributed by atoms with Crippen LogP contribution in [-0.2, 0) is 51.6 Å². The Hall–Kier alpha value is -7.03. The molecule has 19 nitrogen and oxygen atoms in total. The number of ether oxygens (including phenoxy) is 2. The Morgan fingerprint density at radius 2 is 1.58 bits per heavy atom. The van der Waals surface area contributed by atoms with E-state index in [1.165, 1.54) is 35.8 Å². The largest absolute Gasteiger partial charge is 0.462 e. The number of carbonyl (C=O) groups is 6. The van der Waals surface area contributed by atoms with Crippen molar-refractivity contribution in [2.24, 2.45) is 24.3 Å². The van der Waals surface area contributed by atoms with Gasteiger partial charge in [-0.15, -0.1) is 11.3 Å². The molecule has 4 aliphatic heterocycles.